The molecule has 2 amide bonds. The van der Waals surface area contributed by atoms with Gasteiger partial charge in [0.05, 0.1) is 0 Å². The Kier molecular flexibility index (Phi) is 5.50. The first-order valence-electron chi connectivity index (χ1n) is 8.18. The molecule has 2 aliphatic heterocycles. The standard InChI is InChI=1S/C17H20FN3O2S/c18-13-6-2-1-5-12(13)7-8-19-15(22)11-14-16(23)20-17(24-14)21-9-3-4-10-21/h1-2,5-6,14H,3-4,7-11H2,(H,19,22)/t14-/m1/s1. The fourth-order valence-corrected chi connectivity index (χ4v) is 3.95. The SMILES string of the molecule is O=C(C[C@H]1SC(N2CCCC2)=NC1=O)NCCc1ccccc1F. The Morgan fingerprint density at radius 2 is 2.08 bits per heavy atom. The average Bonchev–Trinajstić information content (AvgIpc) is 3.20. The summed E-state index contributed by atoms with van der Waals surface area (Å²) >= 11 is 1.38. The zero-order chi connectivity index (χ0) is 16.9. The highest BCUT2D eigenvalue weighted by atomic mass is 32.2. The van der Waals surface area contributed by atoms with Crippen LogP contribution in [0.4, 0.5) is 4.39 Å². The first kappa shape index (κ1) is 17.0. The molecule has 2 heterocycles. The monoisotopic (exact) mass is 349 g/mol. The molecule has 1 aromatic rings. The summed E-state index contributed by atoms with van der Waals surface area (Å²) in [5, 5.41) is 3.07. The Labute approximate surface area is 144 Å². The molecule has 3 rings (SSSR count). The lowest BCUT2D eigenvalue weighted by atomic mass is 10.1. The van der Waals surface area contributed by atoms with Gasteiger partial charge in [0, 0.05) is 26.1 Å². The van der Waals surface area contributed by atoms with E-state index in [0.29, 0.717) is 18.5 Å². The summed E-state index contributed by atoms with van der Waals surface area (Å²) in [5.74, 6) is -0.696. The zero-order valence-corrected chi connectivity index (χ0v) is 14.2. The maximum atomic E-state index is 13.5. The molecule has 0 saturated carbocycles. The second-order valence-corrected chi connectivity index (χ2v) is 7.10. The van der Waals surface area contributed by atoms with Crippen LogP contribution in [0.25, 0.3) is 0 Å². The van der Waals surface area contributed by atoms with E-state index in [-0.39, 0.29) is 24.1 Å². The van der Waals surface area contributed by atoms with Gasteiger partial charge in [0.2, 0.25) is 5.91 Å². The summed E-state index contributed by atoms with van der Waals surface area (Å²) in [7, 11) is 0. The maximum absolute atomic E-state index is 13.5. The van der Waals surface area contributed by atoms with Gasteiger partial charge in [0.15, 0.2) is 5.17 Å². The number of carbonyl (C=O) groups is 2. The van der Waals surface area contributed by atoms with Crippen molar-refractivity contribution in [2.24, 2.45) is 4.99 Å². The number of nitrogens with zero attached hydrogens (tertiary/aromatic N) is 2. The lowest BCUT2D eigenvalue weighted by Gasteiger charge is -2.16. The van der Waals surface area contributed by atoms with Crippen molar-refractivity contribution in [3.63, 3.8) is 0 Å². The molecular weight excluding hydrogens is 329 g/mol. The van der Waals surface area contributed by atoms with Crippen LogP contribution in [0.2, 0.25) is 0 Å². The molecule has 0 bridgehead atoms. The van der Waals surface area contributed by atoms with Gasteiger partial charge in [-0.05, 0) is 30.9 Å². The molecule has 5 nitrogen and oxygen atoms in total. The van der Waals surface area contributed by atoms with Gasteiger partial charge in [-0.25, -0.2) is 4.39 Å². The number of carbonyl (C=O) groups excluding carboxylic acids is 2. The number of amides is 2. The molecule has 0 spiro atoms. The van der Waals surface area contributed by atoms with Crippen LogP contribution in [0.3, 0.4) is 0 Å². The number of thioether (sulfide) groups is 1. The molecule has 0 radical (unpaired) electrons. The molecular formula is C17H20FN3O2S. The third kappa shape index (κ3) is 4.14. The van der Waals surface area contributed by atoms with Gasteiger partial charge in [0.25, 0.3) is 5.91 Å². The van der Waals surface area contributed by atoms with Crippen LogP contribution in [-0.4, -0.2) is 46.8 Å². The molecule has 0 aliphatic carbocycles. The Bertz CT molecular complexity index is 659. The van der Waals surface area contributed by atoms with Crippen LogP contribution >= 0.6 is 11.8 Å². The second-order valence-electron chi connectivity index (χ2n) is 5.93. The van der Waals surface area contributed by atoms with Crippen molar-refractivity contribution in [1.29, 1.82) is 0 Å². The molecule has 7 heteroatoms. The number of amidine groups is 1. The fraction of sp³-hybridized carbons (Fsp3) is 0.471. The van der Waals surface area contributed by atoms with Gasteiger partial charge in [-0.3, -0.25) is 9.59 Å². The van der Waals surface area contributed by atoms with E-state index in [2.05, 4.69) is 15.2 Å². The predicted octanol–water partition coefficient (Wildman–Crippen LogP) is 1.97. The van der Waals surface area contributed by atoms with E-state index >= 15 is 0 Å². The lowest BCUT2D eigenvalue weighted by molar-refractivity contribution is -0.124. The van der Waals surface area contributed by atoms with Crippen molar-refractivity contribution in [2.45, 2.75) is 30.9 Å². The minimum absolute atomic E-state index is 0.113. The minimum Gasteiger partial charge on any atom is -0.356 e. The molecule has 128 valence electrons. The quantitative estimate of drug-likeness (QED) is 0.883. The Morgan fingerprint density at radius 3 is 2.83 bits per heavy atom. The topological polar surface area (TPSA) is 61.8 Å². The number of aliphatic imine (C=N–C) groups is 1. The second kappa shape index (κ2) is 7.79. The summed E-state index contributed by atoms with van der Waals surface area (Å²) in [4.78, 5) is 30.2. The molecule has 1 N–H and O–H groups in total. The molecule has 1 aromatic carbocycles. The third-order valence-electron chi connectivity index (χ3n) is 4.15. The van der Waals surface area contributed by atoms with E-state index in [1.54, 1.807) is 18.2 Å². The Balaban J connectivity index is 1.42. The van der Waals surface area contributed by atoms with Crippen molar-refractivity contribution < 1.29 is 14.0 Å². The number of hydrogen-bond donors (Lipinski definition) is 1. The van der Waals surface area contributed by atoms with Gasteiger partial charge in [-0.15, -0.1) is 0 Å². The molecule has 1 fully saturated rings. The number of halogens is 1. The van der Waals surface area contributed by atoms with Gasteiger partial charge in [-0.1, -0.05) is 30.0 Å². The largest absolute Gasteiger partial charge is 0.356 e. The molecule has 0 unspecified atom stereocenters. The molecule has 24 heavy (non-hydrogen) atoms. The zero-order valence-electron chi connectivity index (χ0n) is 13.3. The van der Waals surface area contributed by atoms with Gasteiger partial charge in [0.1, 0.15) is 11.1 Å². The first-order valence-corrected chi connectivity index (χ1v) is 9.05. The first-order chi connectivity index (χ1) is 11.6. The highest BCUT2D eigenvalue weighted by molar-refractivity contribution is 8.15. The van der Waals surface area contributed by atoms with E-state index in [1.807, 2.05) is 0 Å². The van der Waals surface area contributed by atoms with Crippen molar-refractivity contribution in [3.05, 3.63) is 35.6 Å². The smallest absolute Gasteiger partial charge is 0.262 e. The highest BCUT2D eigenvalue weighted by Gasteiger charge is 2.33. The van der Waals surface area contributed by atoms with Crippen LogP contribution < -0.4 is 5.32 Å². The normalized spacial score (nSPS) is 20.4. The van der Waals surface area contributed by atoms with E-state index in [9.17, 15) is 14.0 Å². The molecule has 1 saturated heterocycles. The summed E-state index contributed by atoms with van der Waals surface area (Å²) in [5.41, 5.74) is 0.573. The number of benzene rings is 1. The van der Waals surface area contributed by atoms with Crippen LogP contribution in [0, 0.1) is 5.82 Å². The highest BCUT2D eigenvalue weighted by Crippen LogP contribution is 2.28. The third-order valence-corrected chi connectivity index (χ3v) is 5.36. The van der Waals surface area contributed by atoms with Gasteiger partial charge >= 0.3 is 0 Å². The number of likely N-dealkylation sites (tertiary alicyclic amines) is 1. The molecule has 2 aliphatic rings. The average molecular weight is 349 g/mol. The van der Waals surface area contributed by atoms with Crippen molar-refractivity contribution in [1.82, 2.24) is 10.2 Å². The van der Waals surface area contributed by atoms with Crippen molar-refractivity contribution in [3.8, 4) is 0 Å². The van der Waals surface area contributed by atoms with Gasteiger partial charge < -0.3 is 10.2 Å². The van der Waals surface area contributed by atoms with Crippen LogP contribution in [0.1, 0.15) is 24.8 Å². The molecule has 1 atom stereocenters. The summed E-state index contributed by atoms with van der Waals surface area (Å²) in [6.45, 7) is 2.21. The van der Waals surface area contributed by atoms with E-state index < -0.39 is 5.25 Å². The number of rotatable bonds is 5. The van der Waals surface area contributed by atoms with Crippen LogP contribution in [0.5, 0.6) is 0 Å². The van der Waals surface area contributed by atoms with Gasteiger partial charge in [-0.2, -0.15) is 4.99 Å². The van der Waals surface area contributed by atoms with E-state index in [0.717, 1.165) is 31.1 Å². The van der Waals surface area contributed by atoms with E-state index in [1.165, 1.54) is 17.8 Å². The Morgan fingerprint density at radius 1 is 1.33 bits per heavy atom. The number of hydrogen-bond acceptors (Lipinski definition) is 4. The predicted molar refractivity (Wildman–Crippen MR) is 92.4 cm³/mol. The van der Waals surface area contributed by atoms with E-state index in [4.69, 9.17) is 0 Å². The van der Waals surface area contributed by atoms with Crippen LogP contribution in [0.15, 0.2) is 29.3 Å². The van der Waals surface area contributed by atoms with Crippen LogP contribution in [-0.2, 0) is 16.0 Å². The summed E-state index contributed by atoms with van der Waals surface area (Å²) in [6.07, 6.45) is 2.78. The summed E-state index contributed by atoms with van der Waals surface area (Å²) < 4.78 is 13.5. The minimum atomic E-state index is -0.436. The lowest BCUT2D eigenvalue weighted by Crippen LogP contribution is -2.30. The summed E-state index contributed by atoms with van der Waals surface area (Å²) in [6, 6.07) is 6.51. The molecule has 0 aromatic heterocycles. The number of nitrogens with one attached hydrogen (secondary N) is 1. The fourth-order valence-electron chi connectivity index (χ4n) is 2.83. The van der Waals surface area contributed by atoms with Crippen molar-refractivity contribution >= 4 is 28.7 Å². The van der Waals surface area contributed by atoms with Crippen molar-refractivity contribution in [2.75, 3.05) is 19.6 Å². The Hall–Kier alpha value is -1.89. The maximum Gasteiger partial charge on any atom is 0.262 e.